The van der Waals surface area contributed by atoms with E-state index in [1.165, 1.54) is 0 Å². The molecule has 2 aromatic rings. The summed E-state index contributed by atoms with van der Waals surface area (Å²) < 4.78 is 8.09. The zero-order valence-electron chi connectivity index (χ0n) is 12.9. The van der Waals surface area contributed by atoms with E-state index in [-0.39, 0.29) is 12.4 Å². The molecule has 0 saturated heterocycles. The fraction of sp³-hybridized carbons (Fsp3) is 0.294. The maximum absolute atomic E-state index is 12.1. The summed E-state index contributed by atoms with van der Waals surface area (Å²) in [5, 5.41) is 0. The van der Waals surface area contributed by atoms with E-state index in [0.29, 0.717) is 11.1 Å². The van der Waals surface area contributed by atoms with Crippen molar-refractivity contribution in [2.45, 2.75) is 27.3 Å². The Balaban J connectivity index is 2.04. The van der Waals surface area contributed by atoms with Gasteiger partial charge < -0.3 is 9.30 Å². The van der Waals surface area contributed by atoms with Crippen LogP contribution in [0.25, 0.3) is 0 Å². The van der Waals surface area contributed by atoms with Crippen LogP contribution < -0.4 is 0 Å². The number of rotatable bonds is 5. The van der Waals surface area contributed by atoms with Crippen LogP contribution in [0.3, 0.4) is 0 Å². The van der Waals surface area contributed by atoms with Gasteiger partial charge in [-0.25, -0.2) is 4.79 Å². The number of halogens is 1. The predicted octanol–water partition coefficient (Wildman–Crippen LogP) is 3.93. The lowest BCUT2D eigenvalue weighted by Crippen LogP contribution is -2.15. The average Bonchev–Trinajstić information content (AvgIpc) is 2.79. The fourth-order valence-electron chi connectivity index (χ4n) is 2.42. The first-order valence-electron chi connectivity index (χ1n) is 7.06. The van der Waals surface area contributed by atoms with E-state index in [4.69, 9.17) is 4.74 Å². The summed E-state index contributed by atoms with van der Waals surface area (Å²) in [4.78, 5) is 24.1. The number of ether oxygens (including phenoxy) is 1. The van der Waals surface area contributed by atoms with Crippen LogP contribution >= 0.6 is 15.9 Å². The maximum Gasteiger partial charge on any atom is 0.340 e. The molecule has 4 nitrogen and oxygen atoms in total. The first-order valence-corrected chi connectivity index (χ1v) is 7.86. The highest BCUT2D eigenvalue weighted by atomic mass is 79.9. The molecule has 22 heavy (non-hydrogen) atoms. The average molecular weight is 364 g/mol. The number of hydrogen-bond donors (Lipinski definition) is 0. The second-order valence-electron chi connectivity index (χ2n) is 5.04. The molecule has 0 radical (unpaired) electrons. The first kappa shape index (κ1) is 16.5. The molecule has 0 saturated carbocycles. The molecular formula is C17H18BrNO3. The van der Waals surface area contributed by atoms with E-state index in [1.54, 1.807) is 30.3 Å². The normalized spacial score (nSPS) is 10.5. The van der Waals surface area contributed by atoms with Crippen molar-refractivity contribution in [3.8, 4) is 0 Å². The summed E-state index contributed by atoms with van der Waals surface area (Å²) in [7, 11) is 0. The Labute approximate surface area is 138 Å². The molecular weight excluding hydrogens is 346 g/mol. The Hall–Kier alpha value is -1.88. The third kappa shape index (κ3) is 3.47. The molecule has 0 aliphatic carbocycles. The zero-order chi connectivity index (χ0) is 16.3. The van der Waals surface area contributed by atoms with E-state index in [0.717, 1.165) is 22.4 Å². The number of carbonyl (C=O) groups is 2. The molecule has 0 N–H and O–H groups in total. The quantitative estimate of drug-likeness (QED) is 0.597. The SMILES string of the molecule is CCn1c(C)cc(C(=O)OCC(=O)c2ccc(Br)cc2)c1C. The van der Waals surface area contributed by atoms with Crippen LogP contribution in [0.5, 0.6) is 0 Å². The number of carbonyl (C=O) groups excluding carboxylic acids is 2. The summed E-state index contributed by atoms with van der Waals surface area (Å²) in [6.07, 6.45) is 0. The number of aryl methyl sites for hydroxylation is 1. The van der Waals surface area contributed by atoms with E-state index in [2.05, 4.69) is 15.9 Å². The Bertz CT molecular complexity index is 701. The smallest absolute Gasteiger partial charge is 0.340 e. The lowest BCUT2D eigenvalue weighted by atomic mass is 10.1. The van der Waals surface area contributed by atoms with Crippen molar-refractivity contribution in [1.29, 1.82) is 0 Å². The van der Waals surface area contributed by atoms with Gasteiger partial charge in [-0.15, -0.1) is 0 Å². The van der Waals surface area contributed by atoms with Crippen LogP contribution in [0.15, 0.2) is 34.8 Å². The lowest BCUT2D eigenvalue weighted by Gasteiger charge is -2.06. The van der Waals surface area contributed by atoms with Crippen LogP contribution in [-0.2, 0) is 11.3 Å². The summed E-state index contributed by atoms with van der Waals surface area (Å²) in [5.41, 5.74) is 2.91. The number of esters is 1. The molecule has 0 aliphatic heterocycles. The predicted molar refractivity (Wildman–Crippen MR) is 88.3 cm³/mol. The first-order chi connectivity index (χ1) is 10.4. The van der Waals surface area contributed by atoms with Gasteiger partial charge in [0.1, 0.15) is 0 Å². The van der Waals surface area contributed by atoms with E-state index < -0.39 is 5.97 Å². The fourth-order valence-corrected chi connectivity index (χ4v) is 2.69. The second kappa shape index (κ2) is 6.92. The summed E-state index contributed by atoms with van der Waals surface area (Å²) in [5.74, 6) is -0.677. The van der Waals surface area contributed by atoms with Crippen LogP contribution in [0.4, 0.5) is 0 Å². The van der Waals surface area contributed by atoms with Gasteiger partial charge in [-0.05, 0) is 39.0 Å². The van der Waals surface area contributed by atoms with Crippen LogP contribution in [0.2, 0.25) is 0 Å². The van der Waals surface area contributed by atoms with Crippen LogP contribution in [0, 0.1) is 13.8 Å². The third-order valence-electron chi connectivity index (χ3n) is 3.61. The highest BCUT2D eigenvalue weighted by Crippen LogP contribution is 2.16. The van der Waals surface area contributed by atoms with Crippen molar-refractivity contribution < 1.29 is 14.3 Å². The number of aromatic nitrogens is 1. The van der Waals surface area contributed by atoms with Crippen LogP contribution in [-0.4, -0.2) is 22.9 Å². The highest BCUT2D eigenvalue weighted by molar-refractivity contribution is 9.10. The van der Waals surface area contributed by atoms with Crippen molar-refractivity contribution in [1.82, 2.24) is 4.57 Å². The number of ketones is 1. The van der Waals surface area contributed by atoms with Gasteiger partial charge in [0, 0.05) is 28.0 Å². The molecule has 0 spiro atoms. The Morgan fingerprint density at radius 2 is 1.82 bits per heavy atom. The van der Waals surface area contributed by atoms with Gasteiger partial charge >= 0.3 is 5.97 Å². The van der Waals surface area contributed by atoms with Gasteiger partial charge in [0.05, 0.1) is 5.56 Å². The van der Waals surface area contributed by atoms with Gasteiger partial charge in [0.2, 0.25) is 0 Å². The Morgan fingerprint density at radius 3 is 2.36 bits per heavy atom. The van der Waals surface area contributed by atoms with Gasteiger partial charge in [-0.1, -0.05) is 28.1 Å². The molecule has 0 aliphatic rings. The third-order valence-corrected chi connectivity index (χ3v) is 4.14. The van der Waals surface area contributed by atoms with E-state index in [1.807, 2.05) is 25.3 Å². The number of benzene rings is 1. The summed E-state index contributed by atoms with van der Waals surface area (Å²) >= 11 is 3.31. The van der Waals surface area contributed by atoms with E-state index >= 15 is 0 Å². The molecule has 0 unspecified atom stereocenters. The van der Waals surface area contributed by atoms with Crippen molar-refractivity contribution in [2.75, 3.05) is 6.61 Å². The molecule has 0 fully saturated rings. The lowest BCUT2D eigenvalue weighted by molar-refractivity contribution is 0.0474. The molecule has 0 amide bonds. The maximum atomic E-state index is 12.1. The van der Waals surface area contributed by atoms with Gasteiger partial charge in [0.15, 0.2) is 12.4 Å². The van der Waals surface area contributed by atoms with E-state index in [9.17, 15) is 9.59 Å². The Kier molecular flexibility index (Phi) is 5.19. The Morgan fingerprint density at radius 1 is 1.18 bits per heavy atom. The molecule has 1 aromatic heterocycles. The monoisotopic (exact) mass is 363 g/mol. The highest BCUT2D eigenvalue weighted by Gasteiger charge is 2.17. The van der Waals surface area contributed by atoms with Crippen LogP contribution in [0.1, 0.15) is 39.0 Å². The standard InChI is InChI=1S/C17H18BrNO3/c1-4-19-11(2)9-15(12(19)3)17(21)22-10-16(20)13-5-7-14(18)8-6-13/h5-9H,4,10H2,1-3H3. The second-order valence-corrected chi connectivity index (χ2v) is 5.95. The van der Waals surface area contributed by atoms with Gasteiger partial charge in [-0.3, -0.25) is 4.79 Å². The minimum absolute atomic E-state index is 0.217. The topological polar surface area (TPSA) is 48.3 Å². The minimum atomic E-state index is -0.460. The van der Waals surface area contributed by atoms with Crippen molar-refractivity contribution >= 4 is 27.7 Å². The van der Waals surface area contributed by atoms with Crippen molar-refractivity contribution in [2.24, 2.45) is 0 Å². The minimum Gasteiger partial charge on any atom is -0.454 e. The van der Waals surface area contributed by atoms with Gasteiger partial charge in [-0.2, -0.15) is 0 Å². The number of Topliss-reactive ketones (excluding diaryl/α,β-unsaturated/α-hetero) is 1. The molecule has 5 heteroatoms. The number of hydrogen-bond acceptors (Lipinski definition) is 3. The largest absolute Gasteiger partial charge is 0.454 e. The van der Waals surface area contributed by atoms with Crippen molar-refractivity contribution in [3.05, 3.63) is 57.3 Å². The summed E-state index contributed by atoms with van der Waals surface area (Å²) in [6, 6.07) is 8.76. The molecule has 1 heterocycles. The zero-order valence-corrected chi connectivity index (χ0v) is 14.4. The molecule has 1 aromatic carbocycles. The van der Waals surface area contributed by atoms with Crippen molar-refractivity contribution in [3.63, 3.8) is 0 Å². The molecule has 0 atom stereocenters. The molecule has 2 rings (SSSR count). The summed E-state index contributed by atoms with van der Waals surface area (Å²) in [6.45, 7) is 6.38. The number of nitrogens with zero attached hydrogens (tertiary/aromatic N) is 1. The molecule has 0 bridgehead atoms. The molecule has 116 valence electrons. The van der Waals surface area contributed by atoms with Gasteiger partial charge in [0.25, 0.3) is 0 Å².